The van der Waals surface area contributed by atoms with E-state index in [0.717, 1.165) is 29.2 Å². The van der Waals surface area contributed by atoms with E-state index in [-0.39, 0.29) is 48.1 Å². The van der Waals surface area contributed by atoms with Gasteiger partial charge in [-0.05, 0) is 83.4 Å². The van der Waals surface area contributed by atoms with E-state index >= 15 is 0 Å². The van der Waals surface area contributed by atoms with Crippen LogP contribution in [0.25, 0.3) is 22.0 Å². The van der Waals surface area contributed by atoms with E-state index < -0.39 is 19.9 Å². The van der Waals surface area contributed by atoms with E-state index in [2.05, 4.69) is 67.7 Å². The van der Waals surface area contributed by atoms with Crippen LogP contribution in [0.5, 0.6) is 0 Å². The van der Waals surface area contributed by atoms with E-state index in [4.69, 9.17) is 9.84 Å². The molecular formula is C37H42BrN9O4Si. The standard InChI is InChI=1S/C37H42BrN9O4Si/c1-22-7-10-30(38)42-34(22)43-36(50)28-16-37(3)17-29(37)47(28)31(48)20-46-27-9-8-24(25-18-40-23(2)41-19-25)15-26(27)32(44-46)33(49)35-39-11-12-45(35)21-51-13-14-52(4,5)6/h7-12,15,18-19,28-29H,13-14,16-17,20-21H2,1-6H3,(H,42,43,50). The van der Waals surface area contributed by atoms with Crippen molar-refractivity contribution in [2.45, 2.75) is 84.7 Å². The number of pyridine rings is 1. The Bertz CT molecular complexity index is 2200. The van der Waals surface area contributed by atoms with Gasteiger partial charge in [0.1, 0.15) is 41.3 Å². The number of anilines is 1. The summed E-state index contributed by atoms with van der Waals surface area (Å²) in [6.07, 6.45) is 8.14. The van der Waals surface area contributed by atoms with E-state index in [1.165, 1.54) is 0 Å². The summed E-state index contributed by atoms with van der Waals surface area (Å²) in [5, 5.41) is 8.29. The first-order chi connectivity index (χ1) is 24.7. The molecule has 5 heterocycles. The quantitative estimate of drug-likeness (QED) is 0.0693. The minimum atomic E-state index is -1.29. The van der Waals surface area contributed by atoms with Crippen LogP contribution in [0.4, 0.5) is 5.82 Å². The molecule has 4 aromatic heterocycles. The van der Waals surface area contributed by atoms with Gasteiger partial charge >= 0.3 is 0 Å². The number of benzene rings is 1. The van der Waals surface area contributed by atoms with Gasteiger partial charge in [0.05, 0.1) is 5.52 Å². The number of halogens is 1. The minimum Gasteiger partial charge on any atom is -0.361 e. The molecule has 270 valence electrons. The van der Waals surface area contributed by atoms with Crippen LogP contribution >= 0.6 is 15.9 Å². The molecule has 13 nitrogen and oxygen atoms in total. The number of hydrogen-bond donors (Lipinski definition) is 1. The molecule has 1 N–H and O–H groups in total. The highest BCUT2D eigenvalue weighted by molar-refractivity contribution is 9.10. The molecule has 2 fully saturated rings. The fourth-order valence-corrected chi connectivity index (χ4v) is 7.93. The van der Waals surface area contributed by atoms with Crippen molar-refractivity contribution in [3.05, 3.63) is 82.6 Å². The number of amides is 2. The van der Waals surface area contributed by atoms with Crippen molar-refractivity contribution < 1.29 is 19.1 Å². The number of aryl methyl sites for hydroxylation is 2. The lowest BCUT2D eigenvalue weighted by molar-refractivity contribution is -0.138. The van der Waals surface area contributed by atoms with Crippen LogP contribution in [-0.4, -0.2) is 83.5 Å². The van der Waals surface area contributed by atoms with E-state index in [9.17, 15) is 14.4 Å². The zero-order chi connectivity index (χ0) is 36.9. The molecular weight excluding hydrogens is 742 g/mol. The number of ketones is 1. The number of carbonyl (C=O) groups excluding carboxylic acids is 3. The molecule has 2 amide bonds. The zero-order valence-electron chi connectivity index (χ0n) is 30.2. The predicted octanol–water partition coefficient (Wildman–Crippen LogP) is 6.03. The third kappa shape index (κ3) is 7.21. The van der Waals surface area contributed by atoms with Crippen molar-refractivity contribution in [3.63, 3.8) is 0 Å². The number of nitrogens with one attached hydrogen (secondary N) is 1. The molecule has 0 bridgehead atoms. The molecule has 5 aromatic rings. The fraction of sp³-hybridized carbons (Fsp3) is 0.405. The number of rotatable bonds is 12. The van der Waals surface area contributed by atoms with Gasteiger partial charge in [0.2, 0.25) is 17.6 Å². The first-order valence-corrected chi connectivity index (χ1v) is 21.9. The van der Waals surface area contributed by atoms with Gasteiger partial charge in [-0.25, -0.2) is 19.9 Å². The summed E-state index contributed by atoms with van der Waals surface area (Å²) in [5.41, 5.74) is 3.03. The molecule has 1 saturated carbocycles. The number of aromatic nitrogens is 7. The molecule has 15 heteroatoms. The Balaban J connectivity index is 1.20. The molecule has 1 saturated heterocycles. The van der Waals surface area contributed by atoms with Gasteiger partial charge in [0.15, 0.2) is 5.82 Å². The Morgan fingerprint density at radius 3 is 2.56 bits per heavy atom. The molecule has 0 spiro atoms. The third-order valence-electron chi connectivity index (χ3n) is 10.0. The normalized spacial score (nSPS) is 19.6. The number of fused-ring (bicyclic) bond motifs is 2. The lowest BCUT2D eigenvalue weighted by Gasteiger charge is -2.27. The molecule has 3 atom stereocenters. The monoisotopic (exact) mass is 783 g/mol. The van der Waals surface area contributed by atoms with Crippen LogP contribution in [-0.2, 0) is 27.6 Å². The minimum absolute atomic E-state index is 0.0585. The lowest BCUT2D eigenvalue weighted by atomic mass is 10.0. The Kier molecular flexibility index (Phi) is 9.46. The van der Waals surface area contributed by atoms with Gasteiger partial charge in [0.25, 0.3) is 0 Å². The Hall–Kier alpha value is -4.60. The maximum absolute atomic E-state index is 14.3. The van der Waals surface area contributed by atoms with Crippen LogP contribution < -0.4 is 5.32 Å². The van der Waals surface area contributed by atoms with Gasteiger partial charge in [-0.3, -0.25) is 19.1 Å². The zero-order valence-corrected chi connectivity index (χ0v) is 32.8. The number of ether oxygens (including phenoxy) is 1. The van der Waals surface area contributed by atoms with Crippen LogP contribution in [0.2, 0.25) is 25.7 Å². The topological polar surface area (TPSA) is 150 Å². The van der Waals surface area contributed by atoms with Crippen molar-refractivity contribution >= 4 is 58.3 Å². The molecule has 1 aromatic carbocycles. The average Bonchev–Trinajstić information content (AvgIpc) is 3.41. The molecule has 1 aliphatic carbocycles. The van der Waals surface area contributed by atoms with Crippen molar-refractivity contribution in [2.24, 2.45) is 5.41 Å². The maximum atomic E-state index is 14.3. The summed E-state index contributed by atoms with van der Waals surface area (Å²) in [7, 11) is -1.29. The van der Waals surface area contributed by atoms with E-state index in [1.807, 2.05) is 44.2 Å². The smallest absolute Gasteiger partial charge is 0.249 e. The van der Waals surface area contributed by atoms with Crippen LogP contribution in [0.1, 0.15) is 47.5 Å². The summed E-state index contributed by atoms with van der Waals surface area (Å²) >= 11 is 3.38. The number of nitrogens with zero attached hydrogens (tertiary/aromatic N) is 8. The number of hydrogen-bond acceptors (Lipinski definition) is 9. The lowest BCUT2D eigenvalue weighted by Crippen LogP contribution is -2.47. The van der Waals surface area contributed by atoms with Crippen molar-refractivity contribution in [1.82, 2.24) is 39.2 Å². The SMILES string of the molecule is Cc1ncc(-c2ccc3c(c2)c(C(=O)c2nccn2COCC[Si](C)(C)C)nn3CC(=O)N2C(C(=O)Nc3nc(Br)ccc3C)CC3(C)CC23)cn1. The highest BCUT2D eigenvalue weighted by Crippen LogP contribution is 2.59. The second kappa shape index (κ2) is 13.7. The summed E-state index contributed by atoms with van der Waals surface area (Å²) in [6.45, 7) is 13.3. The van der Waals surface area contributed by atoms with Gasteiger partial charge in [0, 0.05) is 56.5 Å². The largest absolute Gasteiger partial charge is 0.361 e. The van der Waals surface area contributed by atoms with E-state index in [0.29, 0.717) is 40.2 Å². The predicted molar refractivity (Wildman–Crippen MR) is 202 cm³/mol. The summed E-state index contributed by atoms with van der Waals surface area (Å²) < 4.78 is 9.80. The van der Waals surface area contributed by atoms with Gasteiger partial charge < -0.3 is 19.5 Å². The van der Waals surface area contributed by atoms with Crippen LogP contribution in [0.3, 0.4) is 0 Å². The van der Waals surface area contributed by atoms with Crippen molar-refractivity contribution in [3.8, 4) is 11.1 Å². The fourth-order valence-electron chi connectivity index (χ4n) is 6.86. The first kappa shape index (κ1) is 35.8. The summed E-state index contributed by atoms with van der Waals surface area (Å²) in [5.74, 6) is 0.374. The Morgan fingerprint density at radius 1 is 1.04 bits per heavy atom. The van der Waals surface area contributed by atoms with Crippen molar-refractivity contribution in [1.29, 1.82) is 0 Å². The number of piperidine rings is 1. The highest BCUT2D eigenvalue weighted by Gasteiger charge is 2.64. The van der Waals surface area contributed by atoms with Crippen LogP contribution in [0.15, 0.2) is 59.7 Å². The molecule has 2 aliphatic rings. The van der Waals surface area contributed by atoms with Crippen molar-refractivity contribution in [2.75, 3.05) is 11.9 Å². The first-order valence-electron chi connectivity index (χ1n) is 17.4. The van der Waals surface area contributed by atoms with Gasteiger partial charge in [-0.2, -0.15) is 5.10 Å². The second-order valence-corrected chi connectivity index (χ2v) is 21.8. The maximum Gasteiger partial charge on any atom is 0.249 e. The Labute approximate surface area is 311 Å². The highest BCUT2D eigenvalue weighted by atomic mass is 79.9. The van der Waals surface area contributed by atoms with Gasteiger partial charge in [-0.1, -0.05) is 38.7 Å². The number of likely N-dealkylation sites (tertiary alicyclic amines) is 1. The molecule has 0 radical (unpaired) electrons. The molecule has 1 aliphatic heterocycles. The number of imidazole rings is 1. The summed E-state index contributed by atoms with van der Waals surface area (Å²) in [4.78, 5) is 61.4. The number of carbonyl (C=O) groups is 3. The average molecular weight is 785 g/mol. The van der Waals surface area contributed by atoms with E-state index in [1.54, 1.807) is 38.9 Å². The molecule has 7 rings (SSSR count). The Morgan fingerprint density at radius 2 is 1.81 bits per heavy atom. The third-order valence-corrected chi connectivity index (χ3v) is 12.2. The molecule has 3 unspecified atom stereocenters. The van der Waals surface area contributed by atoms with Gasteiger partial charge in [-0.15, -0.1) is 0 Å². The summed E-state index contributed by atoms with van der Waals surface area (Å²) in [6, 6.07) is 9.59. The van der Waals surface area contributed by atoms with Crippen LogP contribution in [0, 0.1) is 19.3 Å². The second-order valence-electron chi connectivity index (χ2n) is 15.3. The molecule has 52 heavy (non-hydrogen) atoms.